The highest BCUT2D eigenvalue weighted by molar-refractivity contribution is 6.00. The number of benzene rings is 2. The average molecular weight is 356 g/mol. The Bertz CT molecular complexity index is 789. The van der Waals surface area contributed by atoms with Crippen LogP contribution in [-0.4, -0.2) is 25.4 Å². The predicted molar refractivity (Wildman–Crippen MR) is 96.8 cm³/mol. The molecule has 0 fully saturated rings. The van der Waals surface area contributed by atoms with E-state index in [4.69, 9.17) is 14.2 Å². The normalized spacial score (nSPS) is 11.7. The van der Waals surface area contributed by atoms with Crippen LogP contribution in [-0.2, 0) is 4.74 Å². The Labute approximate surface area is 151 Å². The minimum absolute atomic E-state index is 0.179. The van der Waals surface area contributed by atoms with Crippen LogP contribution in [0, 0.1) is 0 Å². The number of fused-ring (bicyclic) bond motifs is 1. The second kappa shape index (κ2) is 8.24. The minimum Gasteiger partial charge on any atom is -0.462 e. The zero-order valence-electron chi connectivity index (χ0n) is 14.4. The molecule has 0 aliphatic carbocycles. The summed E-state index contributed by atoms with van der Waals surface area (Å²) >= 11 is 0. The summed E-state index contributed by atoms with van der Waals surface area (Å²) in [5.41, 5.74) is 1.60. The van der Waals surface area contributed by atoms with Gasteiger partial charge in [-0.3, -0.25) is 0 Å². The molecule has 26 heavy (non-hydrogen) atoms. The van der Waals surface area contributed by atoms with Gasteiger partial charge in [-0.1, -0.05) is 13.3 Å². The maximum atomic E-state index is 12.1. The standard InChI is InChI=1S/C19H20N2O5/c1-2-3-10-24-18(22)13-4-6-14(7-5-13)20-19(23)21-15-8-9-16-17(11-15)26-12-25-16/h4-9,11H,2-3,10,12H2,1H3,(H2,20,21,23). The molecule has 0 saturated heterocycles. The molecule has 0 unspecified atom stereocenters. The van der Waals surface area contributed by atoms with Gasteiger partial charge in [-0.15, -0.1) is 0 Å². The van der Waals surface area contributed by atoms with Crippen molar-refractivity contribution in [2.75, 3.05) is 24.0 Å². The van der Waals surface area contributed by atoms with Gasteiger partial charge in [0.25, 0.3) is 0 Å². The van der Waals surface area contributed by atoms with Crippen molar-refractivity contribution in [3.05, 3.63) is 48.0 Å². The Balaban J connectivity index is 1.53. The molecule has 2 aromatic carbocycles. The summed E-state index contributed by atoms with van der Waals surface area (Å²) in [4.78, 5) is 23.9. The maximum absolute atomic E-state index is 12.1. The summed E-state index contributed by atoms with van der Waals surface area (Å²) in [5, 5.41) is 5.42. The number of rotatable bonds is 6. The van der Waals surface area contributed by atoms with Gasteiger partial charge in [-0.05, 0) is 42.8 Å². The third-order valence-corrected chi connectivity index (χ3v) is 3.74. The second-order valence-electron chi connectivity index (χ2n) is 5.71. The summed E-state index contributed by atoms with van der Waals surface area (Å²) in [6.45, 7) is 2.62. The van der Waals surface area contributed by atoms with E-state index in [2.05, 4.69) is 10.6 Å². The lowest BCUT2D eigenvalue weighted by atomic mass is 10.2. The lowest BCUT2D eigenvalue weighted by Crippen LogP contribution is -2.19. The highest BCUT2D eigenvalue weighted by atomic mass is 16.7. The fourth-order valence-electron chi connectivity index (χ4n) is 2.35. The first-order valence-corrected chi connectivity index (χ1v) is 8.40. The zero-order chi connectivity index (χ0) is 18.4. The Morgan fingerprint density at radius 2 is 1.69 bits per heavy atom. The van der Waals surface area contributed by atoms with Crippen molar-refractivity contribution in [3.8, 4) is 11.5 Å². The number of hydrogen-bond acceptors (Lipinski definition) is 5. The molecule has 2 aromatic rings. The van der Waals surface area contributed by atoms with Gasteiger partial charge in [0.1, 0.15) is 0 Å². The van der Waals surface area contributed by atoms with E-state index in [9.17, 15) is 9.59 Å². The zero-order valence-corrected chi connectivity index (χ0v) is 14.4. The molecule has 7 heteroatoms. The van der Waals surface area contributed by atoms with Crippen molar-refractivity contribution in [1.82, 2.24) is 0 Å². The van der Waals surface area contributed by atoms with Gasteiger partial charge in [0, 0.05) is 17.4 Å². The smallest absolute Gasteiger partial charge is 0.338 e. The van der Waals surface area contributed by atoms with Crippen LogP contribution >= 0.6 is 0 Å². The van der Waals surface area contributed by atoms with Crippen LogP contribution in [0.5, 0.6) is 11.5 Å². The molecule has 2 amide bonds. The molecule has 3 rings (SSSR count). The van der Waals surface area contributed by atoms with Crippen molar-refractivity contribution in [1.29, 1.82) is 0 Å². The SMILES string of the molecule is CCCCOC(=O)c1ccc(NC(=O)Nc2ccc3c(c2)OCO3)cc1. The first kappa shape index (κ1) is 17.6. The summed E-state index contributed by atoms with van der Waals surface area (Å²) in [6.07, 6.45) is 1.81. The number of anilines is 2. The summed E-state index contributed by atoms with van der Waals surface area (Å²) < 4.78 is 15.6. The second-order valence-corrected chi connectivity index (χ2v) is 5.71. The average Bonchev–Trinajstić information content (AvgIpc) is 3.10. The Morgan fingerprint density at radius 3 is 2.46 bits per heavy atom. The highest BCUT2D eigenvalue weighted by Gasteiger charge is 2.14. The molecule has 0 bridgehead atoms. The number of nitrogens with one attached hydrogen (secondary N) is 2. The van der Waals surface area contributed by atoms with E-state index in [1.807, 2.05) is 6.92 Å². The molecule has 1 aliphatic heterocycles. The summed E-state index contributed by atoms with van der Waals surface area (Å²) in [7, 11) is 0. The van der Waals surface area contributed by atoms with Crippen LogP contribution in [0.2, 0.25) is 0 Å². The van der Waals surface area contributed by atoms with Gasteiger partial charge in [0.2, 0.25) is 6.79 Å². The Hall–Kier alpha value is -3.22. The number of carbonyl (C=O) groups excluding carboxylic acids is 2. The molecular weight excluding hydrogens is 336 g/mol. The number of amides is 2. The van der Waals surface area contributed by atoms with Crippen LogP contribution in [0.15, 0.2) is 42.5 Å². The topological polar surface area (TPSA) is 85.9 Å². The van der Waals surface area contributed by atoms with Gasteiger partial charge in [-0.2, -0.15) is 0 Å². The maximum Gasteiger partial charge on any atom is 0.338 e. The number of carbonyl (C=O) groups is 2. The third kappa shape index (κ3) is 4.44. The van der Waals surface area contributed by atoms with Crippen LogP contribution < -0.4 is 20.1 Å². The number of hydrogen-bond donors (Lipinski definition) is 2. The summed E-state index contributed by atoms with van der Waals surface area (Å²) in [5.74, 6) is 0.876. The molecule has 0 atom stereocenters. The van der Waals surface area contributed by atoms with Gasteiger partial charge in [-0.25, -0.2) is 9.59 Å². The lowest BCUT2D eigenvalue weighted by Gasteiger charge is -2.09. The van der Waals surface area contributed by atoms with E-state index >= 15 is 0 Å². The Kier molecular flexibility index (Phi) is 5.58. The van der Waals surface area contributed by atoms with E-state index in [-0.39, 0.29) is 12.8 Å². The van der Waals surface area contributed by atoms with E-state index in [0.29, 0.717) is 35.0 Å². The van der Waals surface area contributed by atoms with E-state index in [1.165, 1.54) is 0 Å². The van der Waals surface area contributed by atoms with Crippen molar-refractivity contribution in [3.63, 3.8) is 0 Å². The predicted octanol–water partition coefficient (Wildman–Crippen LogP) is 4.02. The highest BCUT2D eigenvalue weighted by Crippen LogP contribution is 2.34. The van der Waals surface area contributed by atoms with Crippen molar-refractivity contribution in [2.24, 2.45) is 0 Å². The van der Waals surface area contributed by atoms with Gasteiger partial charge >= 0.3 is 12.0 Å². The third-order valence-electron chi connectivity index (χ3n) is 3.74. The number of ether oxygens (including phenoxy) is 3. The van der Waals surface area contributed by atoms with Crippen LogP contribution in [0.1, 0.15) is 30.1 Å². The van der Waals surface area contributed by atoms with E-state index in [0.717, 1.165) is 12.8 Å². The molecule has 0 aromatic heterocycles. The van der Waals surface area contributed by atoms with E-state index < -0.39 is 6.03 Å². The molecular formula is C19H20N2O5. The largest absolute Gasteiger partial charge is 0.462 e. The van der Waals surface area contributed by atoms with Gasteiger partial charge < -0.3 is 24.8 Å². The van der Waals surface area contributed by atoms with Crippen molar-refractivity contribution in [2.45, 2.75) is 19.8 Å². The van der Waals surface area contributed by atoms with E-state index in [1.54, 1.807) is 42.5 Å². The monoisotopic (exact) mass is 356 g/mol. The fraction of sp³-hybridized carbons (Fsp3) is 0.263. The Morgan fingerprint density at radius 1 is 1.00 bits per heavy atom. The number of esters is 1. The minimum atomic E-state index is -0.401. The number of unbranched alkanes of at least 4 members (excludes halogenated alkanes) is 1. The van der Waals surface area contributed by atoms with Gasteiger partial charge in [0.15, 0.2) is 11.5 Å². The van der Waals surface area contributed by atoms with Crippen LogP contribution in [0.3, 0.4) is 0 Å². The number of urea groups is 1. The van der Waals surface area contributed by atoms with Crippen LogP contribution in [0.4, 0.5) is 16.2 Å². The fourth-order valence-corrected chi connectivity index (χ4v) is 2.35. The van der Waals surface area contributed by atoms with Crippen molar-refractivity contribution >= 4 is 23.4 Å². The first-order valence-electron chi connectivity index (χ1n) is 8.40. The molecule has 1 heterocycles. The molecule has 0 radical (unpaired) electrons. The lowest BCUT2D eigenvalue weighted by molar-refractivity contribution is 0.0499. The molecule has 7 nitrogen and oxygen atoms in total. The molecule has 0 saturated carbocycles. The quantitative estimate of drug-likeness (QED) is 0.603. The molecule has 1 aliphatic rings. The van der Waals surface area contributed by atoms with Crippen LogP contribution in [0.25, 0.3) is 0 Å². The molecule has 0 spiro atoms. The molecule has 136 valence electrons. The first-order chi connectivity index (χ1) is 12.7. The van der Waals surface area contributed by atoms with Gasteiger partial charge in [0.05, 0.1) is 12.2 Å². The molecule has 2 N–H and O–H groups in total. The summed E-state index contributed by atoms with van der Waals surface area (Å²) in [6, 6.07) is 11.3. The van der Waals surface area contributed by atoms with Crippen molar-refractivity contribution < 1.29 is 23.8 Å².